The number of carbonyl (C=O) groups excluding carboxylic acids is 2. The van der Waals surface area contributed by atoms with Crippen molar-refractivity contribution in [3.63, 3.8) is 0 Å². The van der Waals surface area contributed by atoms with Crippen LogP contribution in [0.15, 0.2) is 64.9 Å². The third-order valence-electron chi connectivity index (χ3n) is 3.48. The highest BCUT2D eigenvalue weighted by atomic mass is 32.2. The van der Waals surface area contributed by atoms with E-state index >= 15 is 0 Å². The fourth-order valence-electron chi connectivity index (χ4n) is 2.23. The Bertz CT molecular complexity index is 1090. The molecule has 0 radical (unpaired) electrons. The minimum atomic E-state index is -3.77. The first-order valence-corrected chi connectivity index (χ1v) is 10.4. The smallest absolute Gasteiger partial charge is 0.275 e. The summed E-state index contributed by atoms with van der Waals surface area (Å²) < 4.78 is 27.0. The van der Waals surface area contributed by atoms with Gasteiger partial charge in [0, 0.05) is 23.7 Å². The van der Waals surface area contributed by atoms with Crippen LogP contribution in [0, 0.1) is 0 Å². The number of hydrogen-bond donors (Lipinski definition) is 3. The first-order chi connectivity index (χ1) is 13.3. The van der Waals surface area contributed by atoms with Crippen LogP contribution in [0.3, 0.4) is 0 Å². The van der Waals surface area contributed by atoms with Gasteiger partial charge in [-0.3, -0.25) is 14.3 Å². The van der Waals surface area contributed by atoms with Crippen LogP contribution in [-0.2, 0) is 14.8 Å². The molecule has 0 atom stereocenters. The molecule has 8 nitrogen and oxygen atoms in total. The van der Waals surface area contributed by atoms with Gasteiger partial charge in [0.05, 0.1) is 4.90 Å². The van der Waals surface area contributed by atoms with Gasteiger partial charge in [-0.05, 0) is 36.4 Å². The lowest BCUT2D eigenvalue weighted by molar-refractivity contribution is -0.114. The average Bonchev–Trinajstić information content (AvgIpc) is 3.11. The number of hydrogen-bond acceptors (Lipinski definition) is 6. The first-order valence-electron chi connectivity index (χ1n) is 8.06. The molecular formula is C18H16N4O4S2. The predicted molar refractivity (Wildman–Crippen MR) is 108 cm³/mol. The highest BCUT2D eigenvalue weighted by molar-refractivity contribution is 7.93. The Morgan fingerprint density at radius 1 is 0.929 bits per heavy atom. The van der Waals surface area contributed by atoms with Crippen LogP contribution in [0.1, 0.15) is 17.4 Å². The molecule has 2 amide bonds. The number of rotatable bonds is 6. The standard InChI is InChI=1S/C18H16N4O4S2/c1-12(23)19-13-7-9-14(10-8-13)20-17(24)16-11-27-18(21-16)22-28(25,26)15-5-3-2-4-6-15/h2-11H,1H3,(H,19,23)(H,20,24)(H,21,22). The van der Waals surface area contributed by atoms with Crippen LogP contribution in [-0.4, -0.2) is 25.2 Å². The molecule has 0 saturated heterocycles. The van der Waals surface area contributed by atoms with Crippen molar-refractivity contribution < 1.29 is 18.0 Å². The predicted octanol–water partition coefficient (Wildman–Crippen LogP) is 3.15. The lowest BCUT2D eigenvalue weighted by atomic mass is 10.2. The van der Waals surface area contributed by atoms with Gasteiger partial charge in [-0.1, -0.05) is 18.2 Å². The topological polar surface area (TPSA) is 117 Å². The number of anilines is 3. The van der Waals surface area contributed by atoms with E-state index in [0.29, 0.717) is 11.4 Å². The van der Waals surface area contributed by atoms with Crippen LogP contribution in [0.2, 0.25) is 0 Å². The molecule has 2 aromatic carbocycles. The minimum Gasteiger partial charge on any atom is -0.326 e. The van der Waals surface area contributed by atoms with E-state index in [2.05, 4.69) is 20.3 Å². The van der Waals surface area contributed by atoms with Crippen molar-refractivity contribution in [3.05, 3.63) is 65.7 Å². The molecular weight excluding hydrogens is 400 g/mol. The molecule has 144 valence electrons. The highest BCUT2D eigenvalue weighted by Gasteiger charge is 2.17. The summed E-state index contributed by atoms with van der Waals surface area (Å²) in [5.74, 6) is -0.668. The summed E-state index contributed by atoms with van der Waals surface area (Å²) >= 11 is 1.01. The molecule has 0 spiro atoms. The Morgan fingerprint density at radius 3 is 2.14 bits per heavy atom. The number of aromatic nitrogens is 1. The summed E-state index contributed by atoms with van der Waals surface area (Å²) in [6.45, 7) is 1.40. The number of benzene rings is 2. The highest BCUT2D eigenvalue weighted by Crippen LogP contribution is 2.21. The van der Waals surface area contributed by atoms with Gasteiger partial charge in [0.2, 0.25) is 5.91 Å². The molecule has 0 fully saturated rings. The maximum absolute atomic E-state index is 12.3. The molecule has 0 unspecified atom stereocenters. The molecule has 1 aromatic heterocycles. The van der Waals surface area contributed by atoms with Crippen molar-refractivity contribution in [2.24, 2.45) is 0 Å². The van der Waals surface area contributed by atoms with E-state index in [1.807, 2.05) is 0 Å². The largest absolute Gasteiger partial charge is 0.326 e. The second-order valence-electron chi connectivity index (χ2n) is 5.67. The molecule has 0 saturated carbocycles. The van der Waals surface area contributed by atoms with E-state index in [1.165, 1.54) is 24.4 Å². The Balaban J connectivity index is 1.66. The molecule has 0 bridgehead atoms. The molecule has 1 heterocycles. The SMILES string of the molecule is CC(=O)Nc1ccc(NC(=O)c2csc(NS(=O)(=O)c3ccccc3)n2)cc1. The summed E-state index contributed by atoms with van der Waals surface area (Å²) in [6.07, 6.45) is 0. The fourth-order valence-corrected chi connectivity index (χ4v) is 4.20. The summed E-state index contributed by atoms with van der Waals surface area (Å²) in [5.41, 5.74) is 1.21. The van der Waals surface area contributed by atoms with Gasteiger partial charge in [0.25, 0.3) is 15.9 Å². The Morgan fingerprint density at radius 2 is 1.54 bits per heavy atom. The maximum atomic E-state index is 12.3. The molecule has 0 aliphatic heterocycles. The molecule has 10 heteroatoms. The molecule has 3 N–H and O–H groups in total. The number of nitrogens with one attached hydrogen (secondary N) is 3. The summed E-state index contributed by atoms with van der Waals surface area (Å²) in [6, 6.07) is 14.5. The number of sulfonamides is 1. The van der Waals surface area contributed by atoms with Gasteiger partial charge in [-0.2, -0.15) is 0 Å². The van der Waals surface area contributed by atoms with E-state index in [0.717, 1.165) is 11.3 Å². The maximum Gasteiger partial charge on any atom is 0.275 e. The summed E-state index contributed by atoms with van der Waals surface area (Å²) in [4.78, 5) is 27.5. The molecule has 28 heavy (non-hydrogen) atoms. The van der Waals surface area contributed by atoms with Crippen molar-refractivity contribution in [2.75, 3.05) is 15.4 Å². The third-order valence-corrected chi connectivity index (χ3v) is 5.72. The van der Waals surface area contributed by atoms with Gasteiger partial charge in [0.15, 0.2) is 5.13 Å². The lowest BCUT2D eigenvalue weighted by Crippen LogP contribution is -2.14. The average molecular weight is 416 g/mol. The van der Waals surface area contributed by atoms with Gasteiger partial charge in [-0.25, -0.2) is 13.4 Å². The van der Waals surface area contributed by atoms with Crippen LogP contribution in [0.5, 0.6) is 0 Å². The third kappa shape index (κ3) is 4.93. The van der Waals surface area contributed by atoms with Crippen LogP contribution in [0.25, 0.3) is 0 Å². The van der Waals surface area contributed by atoms with Crippen molar-refractivity contribution in [3.8, 4) is 0 Å². The van der Waals surface area contributed by atoms with Crippen LogP contribution >= 0.6 is 11.3 Å². The number of thiazole rings is 1. The van der Waals surface area contributed by atoms with Crippen molar-refractivity contribution in [2.45, 2.75) is 11.8 Å². The van der Waals surface area contributed by atoms with Gasteiger partial charge < -0.3 is 10.6 Å². The molecule has 0 aliphatic carbocycles. The van der Waals surface area contributed by atoms with E-state index < -0.39 is 15.9 Å². The van der Waals surface area contributed by atoms with E-state index in [1.54, 1.807) is 42.5 Å². The second kappa shape index (κ2) is 8.19. The molecule has 0 aliphatic rings. The first kappa shape index (κ1) is 19.5. The van der Waals surface area contributed by atoms with Crippen molar-refractivity contribution in [1.82, 2.24) is 4.98 Å². The summed E-state index contributed by atoms with van der Waals surface area (Å²) in [5, 5.41) is 6.84. The van der Waals surface area contributed by atoms with Gasteiger partial charge in [0.1, 0.15) is 5.69 Å². The monoisotopic (exact) mass is 416 g/mol. The van der Waals surface area contributed by atoms with E-state index in [4.69, 9.17) is 0 Å². The normalized spacial score (nSPS) is 10.9. The number of amides is 2. The Labute approximate surface area is 165 Å². The Kier molecular flexibility index (Phi) is 5.71. The minimum absolute atomic E-state index is 0.0849. The van der Waals surface area contributed by atoms with Gasteiger partial charge in [-0.15, -0.1) is 11.3 Å². The van der Waals surface area contributed by atoms with E-state index in [9.17, 15) is 18.0 Å². The molecule has 3 aromatic rings. The Hall–Kier alpha value is -3.24. The fraction of sp³-hybridized carbons (Fsp3) is 0.0556. The zero-order chi connectivity index (χ0) is 20.1. The number of nitrogens with zero attached hydrogens (tertiary/aromatic N) is 1. The van der Waals surface area contributed by atoms with Crippen LogP contribution < -0.4 is 15.4 Å². The van der Waals surface area contributed by atoms with Crippen LogP contribution in [0.4, 0.5) is 16.5 Å². The molecule has 3 rings (SSSR count). The lowest BCUT2D eigenvalue weighted by Gasteiger charge is -2.06. The number of carbonyl (C=O) groups is 2. The van der Waals surface area contributed by atoms with Crippen molar-refractivity contribution in [1.29, 1.82) is 0 Å². The van der Waals surface area contributed by atoms with E-state index in [-0.39, 0.29) is 21.6 Å². The zero-order valence-corrected chi connectivity index (χ0v) is 16.3. The quantitative estimate of drug-likeness (QED) is 0.571. The summed E-state index contributed by atoms with van der Waals surface area (Å²) in [7, 11) is -3.77. The zero-order valence-electron chi connectivity index (χ0n) is 14.7. The van der Waals surface area contributed by atoms with Gasteiger partial charge >= 0.3 is 0 Å². The second-order valence-corrected chi connectivity index (χ2v) is 8.21. The van der Waals surface area contributed by atoms with Crippen molar-refractivity contribution >= 4 is 49.7 Å².